The highest BCUT2D eigenvalue weighted by Crippen LogP contribution is 2.37. The normalized spacial score (nSPS) is 11.3. The summed E-state index contributed by atoms with van der Waals surface area (Å²) in [6.45, 7) is 0. The first-order chi connectivity index (χ1) is 21.3. The summed E-state index contributed by atoms with van der Waals surface area (Å²) < 4.78 is 6.50. The molecule has 4 nitrogen and oxygen atoms in total. The molecule has 0 radical (unpaired) electrons. The van der Waals surface area contributed by atoms with Gasteiger partial charge in [-0.3, -0.25) is 0 Å². The molecule has 43 heavy (non-hydrogen) atoms. The summed E-state index contributed by atoms with van der Waals surface area (Å²) in [6, 6.07) is 51.6. The number of benzene rings is 6. The molecule has 8 aromatic rings. The number of para-hydroxylation sites is 1. The van der Waals surface area contributed by atoms with Crippen LogP contribution in [0.1, 0.15) is 0 Å². The minimum absolute atomic E-state index is 0.571. The highest BCUT2D eigenvalue weighted by atomic mass is 16.3. The van der Waals surface area contributed by atoms with Crippen molar-refractivity contribution >= 4 is 21.9 Å². The van der Waals surface area contributed by atoms with Crippen LogP contribution in [0, 0.1) is 0 Å². The Labute approximate surface area is 249 Å². The Morgan fingerprint density at radius 1 is 0.349 bits per heavy atom. The highest BCUT2D eigenvalue weighted by Gasteiger charge is 2.18. The minimum atomic E-state index is 0.571. The van der Waals surface area contributed by atoms with E-state index in [4.69, 9.17) is 19.4 Å². The number of nitrogens with zero attached hydrogens (tertiary/aromatic N) is 3. The van der Waals surface area contributed by atoms with Gasteiger partial charge in [-0.2, -0.15) is 0 Å². The van der Waals surface area contributed by atoms with Gasteiger partial charge in [0.2, 0.25) is 0 Å². The van der Waals surface area contributed by atoms with Gasteiger partial charge in [-0.1, -0.05) is 127 Å². The lowest BCUT2D eigenvalue weighted by Gasteiger charge is -2.10. The molecule has 0 saturated heterocycles. The van der Waals surface area contributed by atoms with Gasteiger partial charge in [-0.15, -0.1) is 0 Å². The third kappa shape index (κ3) is 4.65. The molecule has 2 heterocycles. The second kappa shape index (κ2) is 10.5. The molecule has 0 aliphatic carbocycles. The van der Waals surface area contributed by atoms with Crippen LogP contribution >= 0.6 is 0 Å². The van der Waals surface area contributed by atoms with Gasteiger partial charge in [0.25, 0.3) is 0 Å². The van der Waals surface area contributed by atoms with E-state index in [1.807, 2.05) is 84.9 Å². The zero-order chi connectivity index (χ0) is 28.6. The number of hydrogen-bond acceptors (Lipinski definition) is 4. The van der Waals surface area contributed by atoms with Crippen molar-refractivity contribution in [2.45, 2.75) is 0 Å². The van der Waals surface area contributed by atoms with Crippen molar-refractivity contribution in [3.05, 3.63) is 152 Å². The first-order valence-electron chi connectivity index (χ1n) is 14.3. The maximum absolute atomic E-state index is 6.50. The lowest BCUT2D eigenvalue weighted by atomic mass is 10.0. The van der Waals surface area contributed by atoms with E-state index in [-0.39, 0.29) is 0 Å². The third-order valence-electron chi connectivity index (χ3n) is 7.74. The number of hydrogen-bond donors (Lipinski definition) is 0. The van der Waals surface area contributed by atoms with Crippen molar-refractivity contribution in [1.82, 2.24) is 15.0 Å². The lowest BCUT2D eigenvalue weighted by molar-refractivity contribution is 0.669. The van der Waals surface area contributed by atoms with Gasteiger partial charge in [0, 0.05) is 21.9 Å². The highest BCUT2D eigenvalue weighted by molar-refractivity contribution is 6.10. The lowest BCUT2D eigenvalue weighted by Crippen LogP contribution is -2.00. The summed E-state index contributed by atoms with van der Waals surface area (Å²) >= 11 is 0. The molecule has 0 atom stereocenters. The second-order valence-electron chi connectivity index (χ2n) is 10.5. The number of furan rings is 1. The molecule has 4 heteroatoms. The van der Waals surface area contributed by atoms with E-state index >= 15 is 0 Å². The van der Waals surface area contributed by atoms with Gasteiger partial charge in [-0.05, 0) is 46.5 Å². The van der Waals surface area contributed by atoms with E-state index in [1.165, 1.54) is 5.56 Å². The van der Waals surface area contributed by atoms with Gasteiger partial charge in [-0.25, -0.2) is 15.0 Å². The molecule has 0 saturated carbocycles. The van der Waals surface area contributed by atoms with E-state index in [1.54, 1.807) is 0 Å². The largest absolute Gasteiger partial charge is 0.455 e. The molecule has 6 aromatic carbocycles. The maximum Gasteiger partial charge on any atom is 0.167 e. The topological polar surface area (TPSA) is 51.8 Å². The van der Waals surface area contributed by atoms with Gasteiger partial charge in [0.05, 0.1) is 5.56 Å². The smallest absolute Gasteiger partial charge is 0.167 e. The monoisotopic (exact) mass is 551 g/mol. The van der Waals surface area contributed by atoms with E-state index in [2.05, 4.69) is 66.7 Å². The molecule has 0 aliphatic rings. The Morgan fingerprint density at radius 2 is 0.884 bits per heavy atom. The van der Waals surface area contributed by atoms with Gasteiger partial charge in [0.15, 0.2) is 17.5 Å². The molecule has 0 bridgehead atoms. The van der Waals surface area contributed by atoms with Crippen LogP contribution in [0.4, 0.5) is 0 Å². The Morgan fingerprint density at radius 3 is 1.58 bits per heavy atom. The van der Waals surface area contributed by atoms with Crippen molar-refractivity contribution in [2.75, 3.05) is 0 Å². The van der Waals surface area contributed by atoms with Gasteiger partial charge < -0.3 is 4.42 Å². The zero-order valence-corrected chi connectivity index (χ0v) is 23.2. The average molecular weight is 552 g/mol. The van der Waals surface area contributed by atoms with E-state index in [0.29, 0.717) is 17.5 Å². The molecule has 0 aliphatic heterocycles. The van der Waals surface area contributed by atoms with E-state index in [9.17, 15) is 0 Å². The summed E-state index contributed by atoms with van der Waals surface area (Å²) in [5.41, 5.74) is 8.83. The minimum Gasteiger partial charge on any atom is -0.455 e. The van der Waals surface area contributed by atoms with Crippen LogP contribution < -0.4 is 0 Å². The van der Waals surface area contributed by atoms with Gasteiger partial charge >= 0.3 is 0 Å². The maximum atomic E-state index is 6.50. The van der Waals surface area contributed by atoms with Crippen molar-refractivity contribution in [3.63, 3.8) is 0 Å². The summed E-state index contributed by atoms with van der Waals surface area (Å²) in [5.74, 6) is 1.80. The summed E-state index contributed by atoms with van der Waals surface area (Å²) in [6.07, 6.45) is 0. The molecular weight excluding hydrogens is 526 g/mol. The van der Waals surface area contributed by atoms with Crippen LogP contribution in [-0.4, -0.2) is 15.0 Å². The Kier molecular flexibility index (Phi) is 6.08. The molecule has 0 spiro atoms. The Balaban J connectivity index is 1.31. The molecule has 2 aromatic heterocycles. The summed E-state index contributed by atoms with van der Waals surface area (Å²) in [7, 11) is 0. The fourth-order valence-electron chi connectivity index (χ4n) is 5.59. The van der Waals surface area contributed by atoms with Crippen LogP contribution in [-0.2, 0) is 0 Å². The van der Waals surface area contributed by atoms with Crippen LogP contribution in [0.15, 0.2) is 156 Å². The molecule has 0 N–H and O–H groups in total. The van der Waals surface area contributed by atoms with Crippen molar-refractivity contribution in [3.8, 4) is 56.4 Å². The molecule has 202 valence electrons. The Hall–Kier alpha value is -5.87. The van der Waals surface area contributed by atoms with E-state index < -0.39 is 0 Å². The first kappa shape index (κ1) is 24.9. The summed E-state index contributed by atoms with van der Waals surface area (Å²) in [4.78, 5) is 15.0. The fourth-order valence-corrected chi connectivity index (χ4v) is 5.59. The molecule has 8 rings (SSSR count). The third-order valence-corrected chi connectivity index (χ3v) is 7.74. The molecule has 0 unspecified atom stereocenters. The summed E-state index contributed by atoms with van der Waals surface area (Å²) in [5, 5.41) is 2.09. The van der Waals surface area contributed by atoms with Crippen molar-refractivity contribution in [2.24, 2.45) is 0 Å². The SMILES string of the molecule is c1ccc(-c2cccc(-c3nc(-c4ccccc4)nc(-c4cccc5c4oc4ccc(-c6ccccc6)cc45)n3)c2)cc1. The number of aromatic nitrogens is 3. The molecular formula is C39H25N3O. The quantitative estimate of drug-likeness (QED) is 0.214. The fraction of sp³-hybridized carbons (Fsp3) is 0. The number of rotatable bonds is 5. The molecule has 0 amide bonds. The van der Waals surface area contributed by atoms with Gasteiger partial charge in [0.1, 0.15) is 11.2 Å². The number of fused-ring (bicyclic) bond motifs is 3. The predicted octanol–water partition coefficient (Wildman–Crippen LogP) is 10.1. The van der Waals surface area contributed by atoms with Crippen LogP contribution in [0.5, 0.6) is 0 Å². The van der Waals surface area contributed by atoms with Crippen LogP contribution in [0.3, 0.4) is 0 Å². The Bertz CT molecular complexity index is 2220. The first-order valence-corrected chi connectivity index (χ1v) is 14.3. The van der Waals surface area contributed by atoms with Crippen LogP contribution in [0.25, 0.3) is 78.4 Å². The predicted molar refractivity (Wildman–Crippen MR) is 174 cm³/mol. The van der Waals surface area contributed by atoms with Crippen LogP contribution in [0.2, 0.25) is 0 Å². The van der Waals surface area contributed by atoms with Crippen molar-refractivity contribution in [1.29, 1.82) is 0 Å². The second-order valence-corrected chi connectivity index (χ2v) is 10.5. The average Bonchev–Trinajstić information content (AvgIpc) is 3.47. The molecule has 0 fully saturated rings. The van der Waals surface area contributed by atoms with E-state index in [0.717, 1.165) is 55.3 Å². The standard InChI is InChI=1S/C39H25N3O/c1-4-12-26(13-5-1)29-18-10-19-31(24-29)38-40-37(28-16-8-3-9-17-28)41-39(42-38)33-21-11-20-32-34-25-30(27-14-6-2-7-15-27)22-23-35(34)43-36(32)33/h1-25H. The zero-order valence-electron chi connectivity index (χ0n) is 23.2. The van der Waals surface area contributed by atoms with Crippen molar-refractivity contribution < 1.29 is 4.42 Å².